The van der Waals surface area contributed by atoms with Crippen LogP contribution >= 0.6 is 0 Å². The highest BCUT2D eigenvalue weighted by Gasteiger charge is 2.65. The van der Waals surface area contributed by atoms with Crippen molar-refractivity contribution in [1.82, 2.24) is 0 Å². The summed E-state index contributed by atoms with van der Waals surface area (Å²) in [5.41, 5.74) is -0.367. The minimum atomic E-state index is -1.15. The van der Waals surface area contributed by atoms with Crippen LogP contribution in [0.4, 0.5) is 4.39 Å². The Balaban J connectivity index is 1.80. The second-order valence-electron chi connectivity index (χ2n) is 9.13. The zero-order valence-electron chi connectivity index (χ0n) is 15.3. The van der Waals surface area contributed by atoms with E-state index in [4.69, 9.17) is 0 Å². The van der Waals surface area contributed by atoms with Gasteiger partial charge in [-0.05, 0) is 61.2 Å². The molecule has 4 heteroatoms. The minimum Gasteiger partial charge on any atom is -0.393 e. The van der Waals surface area contributed by atoms with Crippen molar-refractivity contribution in [3.8, 4) is 0 Å². The molecule has 3 saturated carbocycles. The topological polar surface area (TPSA) is 57.5 Å². The van der Waals surface area contributed by atoms with Gasteiger partial charge in [0.2, 0.25) is 0 Å². The molecule has 3 nitrogen and oxygen atoms in total. The second kappa shape index (κ2) is 5.50. The fourth-order valence-corrected chi connectivity index (χ4v) is 7.05. The molecule has 0 bridgehead atoms. The summed E-state index contributed by atoms with van der Waals surface area (Å²) in [4.78, 5) is 11.8. The van der Waals surface area contributed by atoms with Crippen LogP contribution in [0.5, 0.6) is 0 Å². The Morgan fingerprint density at radius 1 is 1.32 bits per heavy atom. The van der Waals surface area contributed by atoms with Crippen molar-refractivity contribution in [2.24, 2.45) is 34.5 Å². The lowest BCUT2D eigenvalue weighted by Gasteiger charge is -2.59. The summed E-state index contributed by atoms with van der Waals surface area (Å²) in [6, 6.07) is 0. The van der Waals surface area contributed by atoms with Crippen molar-refractivity contribution in [1.29, 1.82) is 0 Å². The molecular formula is C21H29FO3. The van der Waals surface area contributed by atoms with Crippen molar-refractivity contribution in [2.45, 2.75) is 64.8 Å². The number of rotatable bonds is 1. The summed E-state index contributed by atoms with van der Waals surface area (Å²) in [5.74, 6) is 0.211. The van der Waals surface area contributed by atoms with E-state index < -0.39 is 23.8 Å². The number of hydrogen-bond donors (Lipinski definition) is 2. The van der Waals surface area contributed by atoms with E-state index in [2.05, 4.69) is 13.8 Å². The van der Waals surface area contributed by atoms with Crippen LogP contribution in [-0.4, -0.2) is 34.4 Å². The quantitative estimate of drug-likeness (QED) is 0.765. The van der Waals surface area contributed by atoms with Crippen molar-refractivity contribution >= 4 is 5.78 Å². The molecule has 0 radical (unpaired) electrons. The van der Waals surface area contributed by atoms with E-state index in [-0.39, 0.29) is 34.9 Å². The molecule has 9 atom stereocenters. The molecule has 25 heavy (non-hydrogen) atoms. The van der Waals surface area contributed by atoms with Crippen LogP contribution in [0.15, 0.2) is 23.8 Å². The summed E-state index contributed by atoms with van der Waals surface area (Å²) >= 11 is 0. The summed E-state index contributed by atoms with van der Waals surface area (Å²) < 4.78 is 15.1. The maximum Gasteiger partial charge on any atom is 0.178 e. The van der Waals surface area contributed by atoms with Crippen LogP contribution in [0.1, 0.15) is 46.5 Å². The number of alkyl halides is 1. The van der Waals surface area contributed by atoms with E-state index in [1.165, 1.54) is 12.2 Å². The van der Waals surface area contributed by atoms with Crippen LogP contribution in [0.25, 0.3) is 0 Å². The van der Waals surface area contributed by atoms with Crippen LogP contribution < -0.4 is 0 Å². The average Bonchev–Trinajstić information content (AvgIpc) is 2.81. The highest BCUT2D eigenvalue weighted by atomic mass is 19.1. The summed E-state index contributed by atoms with van der Waals surface area (Å²) in [6.45, 7) is 6.13. The summed E-state index contributed by atoms with van der Waals surface area (Å²) in [6.07, 6.45) is 5.28. The molecule has 0 unspecified atom stereocenters. The third-order valence-electron chi connectivity index (χ3n) is 8.15. The predicted molar refractivity (Wildman–Crippen MR) is 93.5 cm³/mol. The fraction of sp³-hybridized carbons (Fsp3) is 0.762. The van der Waals surface area contributed by atoms with E-state index >= 15 is 4.39 Å². The zero-order valence-corrected chi connectivity index (χ0v) is 15.3. The van der Waals surface area contributed by atoms with E-state index in [1.54, 1.807) is 0 Å². The zero-order chi connectivity index (χ0) is 18.1. The Labute approximate surface area is 149 Å². The Bertz CT molecular complexity index is 656. The number of halogens is 1. The number of ketones is 1. The van der Waals surface area contributed by atoms with E-state index in [9.17, 15) is 15.0 Å². The molecule has 4 rings (SSSR count). The molecule has 0 heterocycles. The number of fused-ring (bicyclic) bond motifs is 5. The number of aliphatic hydroxyl groups excluding tert-OH is 2. The van der Waals surface area contributed by atoms with Gasteiger partial charge in [0.1, 0.15) is 6.17 Å². The largest absolute Gasteiger partial charge is 0.393 e. The number of hydrogen-bond acceptors (Lipinski definition) is 3. The highest BCUT2D eigenvalue weighted by Crippen LogP contribution is 2.66. The first kappa shape index (κ1) is 17.4. The van der Waals surface area contributed by atoms with Gasteiger partial charge in [0.05, 0.1) is 12.2 Å². The van der Waals surface area contributed by atoms with Gasteiger partial charge in [-0.1, -0.05) is 26.8 Å². The lowest BCUT2D eigenvalue weighted by atomic mass is 9.46. The molecular weight excluding hydrogens is 319 g/mol. The van der Waals surface area contributed by atoms with Crippen LogP contribution in [0.3, 0.4) is 0 Å². The molecule has 0 aliphatic heterocycles. The smallest absolute Gasteiger partial charge is 0.178 e. The van der Waals surface area contributed by atoms with Crippen molar-refractivity contribution in [3.63, 3.8) is 0 Å². The standard InChI is InChI=1S/C21H29FO3/c1-4-21-10-17(24)18-13(14(21)7-11(2)19(21)25)9-16(22)15-8-12(23)5-6-20(15,18)3/h5-6,8,11,13-14,16-19,24-25H,4,7,9-10H2,1-3H3/t11-,13+,14+,16+,17+,18-,19-,20+,21+/m1/s1. The van der Waals surface area contributed by atoms with Crippen molar-refractivity contribution in [2.75, 3.05) is 0 Å². The van der Waals surface area contributed by atoms with Gasteiger partial charge in [0, 0.05) is 16.7 Å². The minimum absolute atomic E-state index is 0.0401. The third kappa shape index (κ3) is 2.13. The molecule has 0 aromatic heterocycles. The Hall–Kier alpha value is -1.00. The maximum absolute atomic E-state index is 15.1. The van der Waals surface area contributed by atoms with Crippen LogP contribution in [0, 0.1) is 34.5 Å². The molecule has 0 aromatic rings. The first-order valence-corrected chi connectivity index (χ1v) is 9.70. The molecule has 0 aromatic carbocycles. The monoisotopic (exact) mass is 348 g/mol. The van der Waals surface area contributed by atoms with Gasteiger partial charge in [-0.25, -0.2) is 4.39 Å². The molecule has 2 N–H and O–H groups in total. The van der Waals surface area contributed by atoms with E-state index in [1.807, 2.05) is 13.0 Å². The number of aliphatic hydroxyl groups is 2. The molecule has 0 spiro atoms. The van der Waals surface area contributed by atoms with Crippen LogP contribution in [-0.2, 0) is 4.79 Å². The Kier molecular flexibility index (Phi) is 3.83. The first-order chi connectivity index (χ1) is 11.7. The SMILES string of the molecule is CC[C@]12C[C@H](O)[C@H]3[C@@H](C[C@H](F)C4=CC(=O)C=C[C@@]43C)[C@@H]1C[C@@H](C)[C@H]2O. The first-order valence-electron chi connectivity index (χ1n) is 9.70. The lowest BCUT2D eigenvalue weighted by molar-refractivity contribution is -0.146. The molecule has 0 saturated heterocycles. The maximum atomic E-state index is 15.1. The lowest BCUT2D eigenvalue weighted by Crippen LogP contribution is -2.59. The van der Waals surface area contributed by atoms with Gasteiger partial charge >= 0.3 is 0 Å². The van der Waals surface area contributed by atoms with Gasteiger partial charge in [0.15, 0.2) is 5.78 Å². The van der Waals surface area contributed by atoms with Gasteiger partial charge < -0.3 is 10.2 Å². The van der Waals surface area contributed by atoms with Crippen molar-refractivity contribution < 1.29 is 19.4 Å². The highest BCUT2D eigenvalue weighted by molar-refractivity contribution is 6.01. The molecule has 0 amide bonds. The normalized spacial score (nSPS) is 54.6. The van der Waals surface area contributed by atoms with E-state index in [0.29, 0.717) is 18.4 Å². The molecule has 4 aliphatic rings. The second-order valence-corrected chi connectivity index (χ2v) is 9.13. The number of allylic oxidation sites excluding steroid dienone is 4. The van der Waals surface area contributed by atoms with Gasteiger partial charge in [0.25, 0.3) is 0 Å². The molecule has 3 fully saturated rings. The predicted octanol–water partition coefficient (Wildman–Crippen LogP) is 3.21. The van der Waals surface area contributed by atoms with Crippen molar-refractivity contribution in [3.05, 3.63) is 23.8 Å². The molecule has 138 valence electrons. The van der Waals surface area contributed by atoms with E-state index in [0.717, 1.165) is 12.8 Å². The van der Waals surface area contributed by atoms with Gasteiger partial charge in [-0.15, -0.1) is 0 Å². The summed E-state index contributed by atoms with van der Waals surface area (Å²) in [7, 11) is 0. The molecule has 4 aliphatic carbocycles. The third-order valence-corrected chi connectivity index (χ3v) is 8.15. The Morgan fingerprint density at radius 3 is 2.72 bits per heavy atom. The van der Waals surface area contributed by atoms with Crippen LogP contribution in [0.2, 0.25) is 0 Å². The average molecular weight is 348 g/mol. The number of carbonyl (C=O) groups excluding carboxylic acids is 1. The van der Waals surface area contributed by atoms with Gasteiger partial charge in [-0.2, -0.15) is 0 Å². The summed E-state index contributed by atoms with van der Waals surface area (Å²) in [5, 5.41) is 22.0. The Morgan fingerprint density at radius 2 is 2.04 bits per heavy atom. The number of carbonyl (C=O) groups is 1. The van der Waals surface area contributed by atoms with Gasteiger partial charge in [-0.3, -0.25) is 4.79 Å². The fourth-order valence-electron chi connectivity index (χ4n) is 7.05.